The van der Waals surface area contributed by atoms with Gasteiger partial charge >= 0.3 is 5.63 Å². The van der Waals surface area contributed by atoms with Gasteiger partial charge in [-0.3, -0.25) is 0 Å². The fourth-order valence-corrected chi connectivity index (χ4v) is 4.70. The topological polar surface area (TPSA) is 61.1 Å². The SMILES string of the molecule is COc1ccc(OC)c(N2COc3c(cc4c5c(c(=O)oc4c3C)CCCC5)C2)c1. The number of hydrogen-bond donors (Lipinski definition) is 0. The lowest BCUT2D eigenvalue weighted by Gasteiger charge is -2.33. The molecule has 0 saturated heterocycles. The summed E-state index contributed by atoms with van der Waals surface area (Å²) in [6.45, 7) is 3.02. The van der Waals surface area contributed by atoms with Crippen molar-refractivity contribution in [3.05, 3.63) is 56.9 Å². The van der Waals surface area contributed by atoms with Crippen LogP contribution in [0, 0.1) is 6.92 Å². The minimum Gasteiger partial charge on any atom is -0.497 e. The first-order chi connectivity index (χ1) is 14.6. The zero-order valence-corrected chi connectivity index (χ0v) is 17.5. The lowest BCUT2D eigenvalue weighted by atomic mass is 9.89. The Morgan fingerprint density at radius 2 is 1.83 bits per heavy atom. The largest absolute Gasteiger partial charge is 0.497 e. The Morgan fingerprint density at radius 1 is 1.03 bits per heavy atom. The van der Waals surface area contributed by atoms with E-state index in [0.29, 0.717) is 18.9 Å². The molecule has 2 aliphatic rings. The molecule has 0 amide bonds. The maximum absolute atomic E-state index is 12.5. The van der Waals surface area contributed by atoms with E-state index in [-0.39, 0.29) is 5.63 Å². The summed E-state index contributed by atoms with van der Waals surface area (Å²) in [6, 6.07) is 7.89. The van der Waals surface area contributed by atoms with Crippen LogP contribution in [0.1, 0.15) is 35.1 Å². The lowest BCUT2D eigenvalue weighted by molar-refractivity contribution is 0.285. The molecule has 156 valence electrons. The van der Waals surface area contributed by atoms with Gasteiger partial charge in [0.15, 0.2) is 6.73 Å². The highest BCUT2D eigenvalue weighted by molar-refractivity contribution is 5.87. The molecule has 1 aliphatic heterocycles. The Hall–Kier alpha value is -3.15. The maximum Gasteiger partial charge on any atom is 0.339 e. The van der Waals surface area contributed by atoms with Gasteiger partial charge in [-0.05, 0) is 56.4 Å². The molecule has 0 radical (unpaired) electrons. The number of nitrogens with zero attached hydrogens (tertiary/aromatic N) is 1. The van der Waals surface area contributed by atoms with E-state index in [1.54, 1.807) is 14.2 Å². The number of hydrogen-bond acceptors (Lipinski definition) is 6. The van der Waals surface area contributed by atoms with Crippen LogP contribution >= 0.6 is 0 Å². The van der Waals surface area contributed by atoms with Gasteiger partial charge in [-0.2, -0.15) is 0 Å². The van der Waals surface area contributed by atoms with Crippen LogP contribution in [-0.2, 0) is 19.4 Å². The normalized spacial score (nSPS) is 15.4. The molecule has 1 aliphatic carbocycles. The van der Waals surface area contributed by atoms with E-state index in [9.17, 15) is 4.79 Å². The molecular weight excluding hydrogens is 382 g/mol. The van der Waals surface area contributed by atoms with E-state index in [2.05, 4.69) is 11.0 Å². The second-order valence-electron chi connectivity index (χ2n) is 7.93. The minimum absolute atomic E-state index is 0.196. The Labute approximate surface area is 175 Å². The van der Waals surface area contributed by atoms with E-state index in [1.807, 2.05) is 25.1 Å². The van der Waals surface area contributed by atoms with Crippen LogP contribution in [0.2, 0.25) is 0 Å². The molecule has 3 aromatic rings. The van der Waals surface area contributed by atoms with Gasteiger partial charge in [0, 0.05) is 28.1 Å². The Morgan fingerprint density at radius 3 is 2.60 bits per heavy atom. The van der Waals surface area contributed by atoms with Gasteiger partial charge in [-0.15, -0.1) is 0 Å². The molecule has 0 atom stereocenters. The summed E-state index contributed by atoms with van der Waals surface area (Å²) in [5, 5.41) is 1.05. The predicted molar refractivity (Wildman–Crippen MR) is 115 cm³/mol. The van der Waals surface area contributed by atoms with Gasteiger partial charge in [-0.25, -0.2) is 4.79 Å². The third-order valence-electron chi connectivity index (χ3n) is 6.22. The van der Waals surface area contributed by atoms with Gasteiger partial charge in [-0.1, -0.05) is 0 Å². The molecule has 5 rings (SSSR count). The summed E-state index contributed by atoms with van der Waals surface area (Å²) in [6.07, 6.45) is 3.86. The highest BCUT2D eigenvalue weighted by atomic mass is 16.5. The number of fused-ring (bicyclic) bond motifs is 4. The Kier molecular flexibility index (Phi) is 4.57. The lowest BCUT2D eigenvalue weighted by Crippen LogP contribution is -2.32. The number of aryl methyl sites for hydroxylation is 2. The highest BCUT2D eigenvalue weighted by Gasteiger charge is 2.27. The molecule has 1 aromatic heterocycles. The quantitative estimate of drug-likeness (QED) is 0.602. The van der Waals surface area contributed by atoms with Crippen molar-refractivity contribution in [1.29, 1.82) is 0 Å². The van der Waals surface area contributed by atoms with Crippen LogP contribution in [0.4, 0.5) is 5.69 Å². The maximum atomic E-state index is 12.5. The number of benzene rings is 2. The monoisotopic (exact) mass is 407 g/mol. The second kappa shape index (κ2) is 7.27. The molecular formula is C24H25NO5. The average Bonchev–Trinajstić information content (AvgIpc) is 2.79. The third kappa shape index (κ3) is 2.90. The molecule has 30 heavy (non-hydrogen) atoms. The van der Waals surface area contributed by atoms with Crippen LogP contribution in [0.25, 0.3) is 11.0 Å². The zero-order valence-electron chi connectivity index (χ0n) is 17.5. The molecule has 0 saturated carbocycles. The fourth-order valence-electron chi connectivity index (χ4n) is 4.70. The predicted octanol–water partition coefficient (Wildman–Crippen LogP) is 4.35. The van der Waals surface area contributed by atoms with Gasteiger partial charge < -0.3 is 23.5 Å². The highest BCUT2D eigenvalue weighted by Crippen LogP contribution is 2.41. The summed E-state index contributed by atoms with van der Waals surface area (Å²) >= 11 is 0. The molecule has 6 heteroatoms. The molecule has 0 bridgehead atoms. The minimum atomic E-state index is -0.196. The average molecular weight is 407 g/mol. The second-order valence-corrected chi connectivity index (χ2v) is 7.93. The van der Waals surface area contributed by atoms with E-state index in [4.69, 9.17) is 18.6 Å². The Bertz CT molecular complexity index is 1200. The van der Waals surface area contributed by atoms with E-state index in [1.165, 1.54) is 0 Å². The first-order valence-corrected chi connectivity index (χ1v) is 10.3. The first-order valence-electron chi connectivity index (χ1n) is 10.3. The van der Waals surface area contributed by atoms with Crippen LogP contribution in [0.3, 0.4) is 0 Å². The van der Waals surface area contributed by atoms with Gasteiger partial charge in [0.2, 0.25) is 0 Å². The van der Waals surface area contributed by atoms with Crippen molar-refractivity contribution in [2.45, 2.75) is 39.2 Å². The van der Waals surface area contributed by atoms with Crippen LogP contribution in [-0.4, -0.2) is 21.0 Å². The fraction of sp³-hybridized carbons (Fsp3) is 0.375. The molecule has 0 spiro atoms. The van der Waals surface area contributed by atoms with Gasteiger partial charge in [0.25, 0.3) is 0 Å². The van der Waals surface area contributed by atoms with Crippen LogP contribution in [0.15, 0.2) is 33.5 Å². The molecule has 2 aromatic carbocycles. The first kappa shape index (κ1) is 18.9. The molecule has 0 fully saturated rings. The summed E-state index contributed by atoms with van der Waals surface area (Å²) < 4.78 is 22.9. The van der Waals surface area contributed by atoms with Crippen molar-refractivity contribution in [3.8, 4) is 17.2 Å². The van der Waals surface area contributed by atoms with E-state index in [0.717, 1.165) is 76.3 Å². The molecule has 6 nitrogen and oxygen atoms in total. The Balaban J connectivity index is 1.63. The van der Waals surface area contributed by atoms with Crippen molar-refractivity contribution < 1.29 is 18.6 Å². The molecule has 0 N–H and O–H groups in total. The molecule has 2 heterocycles. The van der Waals surface area contributed by atoms with Crippen molar-refractivity contribution >= 4 is 16.7 Å². The summed E-state index contributed by atoms with van der Waals surface area (Å²) in [5.41, 5.74) is 5.35. The van der Waals surface area contributed by atoms with Gasteiger partial charge in [0.05, 0.1) is 26.5 Å². The van der Waals surface area contributed by atoms with Crippen LogP contribution in [0.5, 0.6) is 17.2 Å². The summed E-state index contributed by atoms with van der Waals surface area (Å²) in [5.74, 6) is 2.34. The summed E-state index contributed by atoms with van der Waals surface area (Å²) in [4.78, 5) is 14.7. The molecule has 0 unspecified atom stereocenters. The van der Waals surface area contributed by atoms with Crippen LogP contribution < -0.4 is 24.7 Å². The van der Waals surface area contributed by atoms with Crippen molar-refractivity contribution in [2.75, 3.05) is 25.9 Å². The van der Waals surface area contributed by atoms with E-state index < -0.39 is 0 Å². The standard InChI is InChI=1S/C24H25NO5/c1-14-22-15(10-19-17-6-4-5-7-18(17)24(26)30-23(14)19)12-25(13-29-22)20-11-16(27-2)8-9-21(20)28-3/h8-11H,4-7,12-13H2,1-3H3. The smallest absolute Gasteiger partial charge is 0.339 e. The van der Waals surface area contributed by atoms with E-state index >= 15 is 0 Å². The third-order valence-corrected chi connectivity index (χ3v) is 6.22. The summed E-state index contributed by atoms with van der Waals surface area (Å²) in [7, 11) is 3.32. The van der Waals surface area contributed by atoms with Gasteiger partial charge in [0.1, 0.15) is 22.8 Å². The zero-order chi connectivity index (χ0) is 20.8. The number of methoxy groups -OCH3 is 2. The number of anilines is 1. The van der Waals surface area contributed by atoms with Crippen molar-refractivity contribution in [2.24, 2.45) is 0 Å². The van der Waals surface area contributed by atoms with Crippen molar-refractivity contribution in [1.82, 2.24) is 0 Å². The number of ether oxygens (including phenoxy) is 3. The van der Waals surface area contributed by atoms with Crippen molar-refractivity contribution in [3.63, 3.8) is 0 Å². The number of rotatable bonds is 3.